The topological polar surface area (TPSA) is 52.6 Å². The van der Waals surface area contributed by atoms with Crippen molar-refractivity contribution >= 4 is 35.8 Å². The molecule has 0 heterocycles. The molecule has 0 amide bonds. The Labute approximate surface area is 198 Å². The van der Waals surface area contributed by atoms with Crippen LogP contribution in [0.4, 0.5) is 0 Å². The van der Waals surface area contributed by atoms with Crippen LogP contribution in [0.15, 0.2) is 48.5 Å². The molecule has 32 heavy (non-hydrogen) atoms. The summed E-state index contributed by atoms with van der Waals surface area (Å²) in [5, 5.41) is 0. The Kier molecular flexibility index (Phi) is 10.1. The summed E-state index contributed by atoms with van der Waals surface area (Å²) in [6, 6.07) is 15.2. The molecular formula is C26H38Ge2O4. The summed E-state index contributed by atoms with van der Waals surface area (Å²) >= 11 is -4.61. The van der Waals surface area contributed by atoms with E-state index in [1.807, 2.05) is 48.5 Å². The number of hydrogen-bond acceptors (Lipinski definition) is 4. The van der Waals surface area contributed by atoms with Gasteiger partial charge in [0.05, 0.1) is 0 Å². The SMILES string of the molecule is [CH3][Ge]([CH3])([CH3])[C](=O)c1ccc(OCCCCCCOc2ccc([C](=O)[Ge]([CH3])([CH3])[CH3])cc2)cc1. The second-order valence-corrected chi connectivity index (χ2v) is 31.1. The van der Waals surface area contributed by atoms with Crippen molar-refractivity contribution in [3.63, 3.8) is 0 Å². The number of ether oxygens (including phenoxy) is 2. The van der Waals surface area contributed by atoms with Gasteiger partial charge in [0.25, 0.3) is 0 Å². The van der Waals surface area contributed by atoms with E-state index in [1.165, 1.54) is 0 Å². The van der Waals surface area contributed by atoms with E-state index in [4.69, 9.17) is 9.47 Å². The first kappa shape index (κ1) is 26.7. The fourth-order valence-corrected chi connectivity index (χ4v) is 7.54. The van der Waals surface area contributed by atoms with Gasteiger partial charge in [-0.15, -0.1) is 0 Å². The Morgan fingerprint density at radius 1 is 0.562 bits per heavy atom. The van der Waals surface area contributed by atoms with Crippen molar-refractivity contribution in [1.29, 1.82) is 0 Å². The molecule has 4 nitrogen and oxygen atoms in total. The van der Waals surface area contributed by atoms with Gasteiger partial charge in [0.1, 0.15) is 0 Å². The number of carbonyl (C=O) groups excluding carboxylic acids is 2. The number of carbonyl (C=O) groups is 2. The van der Waals surface area contributed by atoms with Gasteiger partial charge in [-0.1, -0.05) is 0 Å². The summed E-state index contributed by atoms with van der Waals surface area (Å²) in [5.74, 6) is 14.3. The molecule has 174 valence electrons. The number of rotatable bonds is 13. The van der Waals surface area contributed by atoms with Crippen molar-refractivity contribution in [2.45, 2.75) is 60.2 Å². The molecule has 0 spiro atoms. The maximum atomic E-state index is 12.4. The summed E-state index contributed by atoms with van der Waals surface area (Å²) in [7, 11) is 0. The molecule has 0 bridgehead atoms. The van der Waals surface area contributed by atoms with Crippen LogP contribution in [0.3, 0.4) is 0 Å². The van der Waals surface area contributed by atoms with E-state index in [-0.39, 0.29) is 0 Å². The van der Waals surface area contributed by atoms with Crippen LogP contribution >= 0.6 is 0 Å². The van der Waals surface area contributed by atoms with E-state index in [0.717, 1.165) is 48.3 Å². The van der Waals surface area contributed by atoms with Crippen LogP contribution in [0, 0.1) is 0 Å². The summed E-state index contributed by atoms with van der Waals surface area (Å²) in [5.41, 5.74) is 1.62. The van der Waals surface area contributed by atoms with Crippen molar-refractivity contribution in [2.75, 3.05) is 13.2 Å². The molecule has 0 saturated heterocycles. The van der Waals surface area contributed by atoms with Crippen molar-refractivity contribution in [3.05, 3.63) is 59.7 Å². The third-order valence-electron chi connectivity index (χ3n) is 5.17. The second kappa shape index (κ2) is 12.1. The zero-order valence-corrected chi connectivity index (χ0v) is 24.7. The molecule has 6 heteroatoms. The van der Waals surface area contributed by atoms with Crippen LogP contribution < -0.4 is 9.47 Å². The van der Waals surface area contributed by atoms with E-state index >= 15 is 0 Å². The third-order valence-corrected chi connectivity index (χ3v) is 12.1. The second-order valence-electron chi connectivity index (χ2n) is 10.3. The Morgan fingerprint density at radius 2 is 0.875 bits per heavy atom. The average Bonchev–Trinajstić information content (AvgIpc) is 2.74. The molecule has 0 aliphatic carbocycles. The van der Waals surface area contributed by atoms with Gasteiger partial charge in [-0.2, -0.15) is 0 Å². The van der Waals surface area contributed by atoms with Crippen LogP contribution in [0.1, 0.15) is 46.4 Å². The molecule has 0 unspecified atom stereocenters. The molecule has 2 aromatic carbocycles. The van der Waals surface area contributed by atoms with Crippen LogP contribution in [0.25, 0.3) is 0 Å². The van der Waals surface area contributed by atoms with E-state index in [1.54, 1.807) is 0 Å². The molecule has 0 fully saturated rings. The minimum absolute atomic E-state index is 0.329. The van der Waals surface area contributed by atoms with Crippen LogP contribution in [0.5, 0.6) is 11.5 Å². The van der Waals surface area contributed by atoms with Gasteiger partial charge in [-0.25, -0.2) is 0 Å². The molecule has 2 aromatic rings. The number of unbranched alkanes of at least 4 members (excludes halogenated alkanes) is 3. The summed E-state index contributed by atoms with van der Waals surface area (Å²) in [6.07, 6.45) is 4.16. The van der Waals surface area contributed by atoms with Gasteiger partial charge in [-0.3, -0.25) is 0 Å². The van der Waals surface area contributed by atoms with E-state index < -0.39 is 26.5 Å². The maximum absolute atomic E-state index is 12.4. The minimum atomic E-state index is -2.30. The van der Waals surface area contributed by atoms with Gasteiger partial charge in [0.2, 0.25) is 0 Å². The fourth-order valence-electron chi connectivity index (χ4n) is 3.21. The fraction of sp³-hybridized carbons (Fsp3) is 0.462. The van der Waals surface area contributed by atoms with Crippen molar-refractivity contribution in [2.24, 2.45) is 0 Å². The first-order chi connectivity index (χ1) is 15.0. The third kappa shape index (κ3) is 8.78. The summed E-state index contributed by atoms with van der Waals surface area (Å²) in [4.78, 5) is 24.7. The molecule has 0 aromatic heterocycles. The number of benzene rings is 2. The quantitative estimate of drug-likeness (QED) is 0.200. The van der Waals surface area contributed by atoms with Crippen molar-refractivity contribution < 1.29 is 19.1 Å². The van der Waals surface area contributed by atoms with Gasteiger partial charge in [0, 0.05) is 0 Å². The Hall–Kier alpha value is -1.53. The summed E-state index contributed by atoms with van der Waals surface area (Å²) < 4.78 is 12.3. The summed E-state index contributed by atoms with van der Waals surface area (Å²) in [6.45, 7) is 1.36. The molecule has 0 aliphatic rings. The van der Waals surface area contributed by atoms with Crippen molar-refractivity contribution in [3.8, 4) is 11.5 Å². The van der Waals surface area contributed by atoms with Crippen LogP contribution in [-0.4, -0.2) is 49.0 Å². The zero-order valence-electron chi connectivity index (χ0n) is 20.5. The Balaban J connectivity index is 1.59. The predicted octanol–water partition coefficient (Wildman–Crippen LogP) is 6.83. The predicted molar refractivity (Wildman–Crippen MR) is 138 cm³/mol. The van der Waals surface area contributed by atoms with Gasteiger partial charge in [0.15, 0.2) is 0 Å². The van der Waals surface area contributed by atoms with E-state index in [0.29, 0.717) is 22.4 Å². The normalized spacial score (nSPS) is 11.8. The molecular weight excluding hydrogens is 522 g/mol. The van der Waals surface area contributed by atoms with Crippen LogP contribution in [-0.2, 0) is 0 Å². The monoisotopic (exact) mass is 562 g/mol. The van der Waals surface area contributed by atoms with Crippen LogP contribution in [0.2, 0.25) is 34.5 Å². The first-order valence-corrected chi connectivity index (χ1v) is 26.2. The number of hydrogen-bond donors (Lipinski definition) is 0. The van der Waals surface area contributed by atoms with Gasteiger partial charge in [-0.05, 0) is 0 Å². The molecule has 0 atom stereocenters. The molecule has 0 N–H and O–H groups in total. The average molecular weight is 560 g/mol. The van der Waals surface area contributed by atoms with E-state index in [9.17, 15) is 9.59 Å². The molecule has 0 aliphatic heterocycles. The van der Waals surface area contributed by atoms with Gasteiger partial charge >= 0.3 is 199 Å². The van der Waals surface area contributed by atoms with Gasteiger partial charge < -0.3 is 0 Å². The first-order valence-electron chi connectivity index (χ1n) is 11.5. The molecule has 0 radical (unpaired) electrons. The molecule has 0 saturated carbocycles. The van der Waals surface area contributed by atoms with E-state index in [2.05, 4.69) is 34.5 Å². The Bertz CT molecular complexity index is 801. The Morgan fingerprint density at radius 3 is 1.16 bits per heavy atom. The van der Waals surface area contributed by atoms with Crippen molar-refractivity contribution in [1.82, 2.24) is 0 Å². The zero-order chi connectivity index (χ0) is 23.8. The molecule has 2 rings (SSSR count). The standard InChI is InChI=1S/C26H38Ge2O4/c1-27(2,3)25(29)21-11-15-23(16-12-21)31-19-9-7-8-10-20-32-24-17-13-22(14-18-24)26(30)28(4,5)6/h11-18H,7-10,19-20H2,1-6H3.